The number of ketones is 1. The van der Waals surface area contributed by atoms with E-state index in [4.69, 9.17) is 11.6 Å². The van der Waals surface area contributed by atoms with E-state index in [-0.39, 0.29) is 17.9 Å². The van der Waals surface area contributed by atoms with Crippen molar-refractivity contribution in [1.82, 2.24) is 0 Å². The highest BCUT2D eigenvalue weighted by atomic mass is 35.5. The van der Waals surface area contributed by atoms with Gasteiger partial charge in [0.05, 0.1) is 0 Å². The van der Waals surface area contributed by atoms with Gasteiger partial charge in [0.15, 0.2) is 12.0 Å². The summed E-state index contributed by atoms with van der Waals surface area (Å²) >= 11 is 5.30. The Morgan fingerprint density at radius 1 is 1.36 bits per heavy atom. The van der Waals surface area contributed by atoms with Gasteiger partial charge in [0.25, 0.3) is 0 Å². The predicted molar refractivity (Wildman–Crippen MR) is 51.0 cm³/mol. The lowest BCUT2D eigenvalue weighted by Gasteiger charge is -2.04. The van der Waals surface area contributed by atoms with Crippen LogP contribution in [0.3, 0.4) is 0 Å². The lowest BCUT2D eigenvalue weighted by atomic mass is 10.1. The van der Waals surface area contributed by atoms with Crippen LogP contribution in [0.1, 0.15) is 16.8 Å². The largest absolute Gasteiger partial charge is 0.291 e. The lowest BCUT2D eigenvalue weighted by Crippen LogP contribution is -2.16. The average molecular weight is 219 g/mol. The van der Waals surface area contributed by atoms with Crippen LogP contribution in [0.15, 0.2) is 24.3 Å². The standard InChI is InChI=1S/C10H9ClF2O/c11-6-5-9(13)10(14)7-1-3-8(12)4-2-7/h1-4,9H,5-6H2/t9-/m0/s1. The second kappa shape index (κ2) is 5.05. The summed E-state index contributed by atoms with van der Waals surface area (Å²) in [7, 11) is 0. The highest BCUT2D eigenvalue weighted by Crippen LogP contribution is 2.11. The molecule has 4 heteroatoms. The Morgan fingerprint density at radius 2 is 1.93 bits per heavy atom. The molecule has 1 aromatic rings. The Bertz CT molecular complexity index is 310. The van der Waals surface area contributed by atoms with E-state index >= 15 is 0 Å². The zero-order valence-electron chi connectivity index (χ0n) is 7.34. The van der Waals surface area contributed by atoms with Crippen molar-refractivity contribution in [3.63, 3.8) is 0 Å². The number of rotatable bonds is 4. The van der Waals surface area contributed by atoms with Crippen LogP contribution in [0.4, 0.5) is 8.78 Å². The molecule has 0 amide bonds. The third kappa shape index (κ3) is 2.77. The first-order chi connectivity index (χ1) is 6.65. The first-order valence-corrected chi connectivity index (χ1v) is 4.68. The van der Waals surface area contributed by atoms with Crippen LogP contribution in [-0.4, -0.2) is 17.8 Å². The summed E-state index contributed by atoms with van der Waals surface area (Å²) in [6.07, 6.45) is -1.62. The van der Waals surface area contributed by atoms with Gasteiger partial charge in [-0.15, -0.1) is 11.6 Å². The van der Waals surface area contributed by atoms with Crippen LogP contribution >= 0.6 is 11.6 Å². The van der Waals surface area contributed by atoms with E-state index in [0.717, 1.165) is 12.1 Å². The lowest BCUT2D eigenvalue weighted by molar-refractivity contribution is 0.0874. The van der Waals surface area contributed by atoms with Gasteiger partial charge in [-0.3, -0.25) is 4.79 Å². The molecule has 1 aromatic carbocycles. The number of carbonyl (C=O) groups excluding carboxylic acids is 1. The van der Waals surface area contributed by atoms with Gasteiger partial charge < -0.3 is 0 Å². The summed E-state index contributed by atoms with van der Waals surface area (Å²) in [4.78, 5) is 11.3. The van der Waals surface area contributed by atoms with Gasteiger partial charge in [-0.1, -0.05) is 0 Å². The molecule has 76 valence electrons. The molecule has 0 aromatic heterocycles. The van der Waals surface area contributed by atoms with Crippen LogP contribution in [0.2, 0.25) is 0 Å². The summed E-state index contributed by atoms with van der Waals surface area (Å²) in [5.41, 5.74) is 0.170. The number of hydrogen-bond donors (Lipinski definition) is 0. The Morgan fingerprint density at radius 3 is 2.43 bits per heavy atom. The van der Waals surface area contributed by atoms with Crippen molar-refractivity contribution in [2.45, 2.75) is 12.6 Å². The van der Waals surface area contributed by atoms with Crippen molar-refractivity contribution >= 4 is 17.4 Å². The molecule has 0 fully saturated rings. The summed E-state index contributed by atoms with van der Waals surface area (Å²) in [5, 5.41) is 0. The van der Waals surface area contributed by atoms with Crippen LogP contribution in [0, 0.1) is 5.82 Å². The minimum atomic E-state index is -1.60. The molecule has 0 aliphatic heterocycles. The van der Waals surface area contributed by atoms with Gasteiger partial charge in [0, 0.05) is 11.4 Å². The van der Waals surface area contributed by atoms with Gasteiger partial charge in [-0.2, -0.15) is 0 Å². The maximum Gasteiger partial charge on any atom is 0.196 e. The second-order valence-electron chi connectivity index (χ2n) is 2.82. The highest BCUT2D eigenvalue weighted by Gasteiger charge is 2.18. The summed E-state index contributed by atoms with van der Waals surface area (Å²) in [5.74, 6) is -1.01. The van der Waals surface area contributed by atoms with Crippen molar-refractivity contribution < 1.29 is 13.6 Å². The second-order valence-corrected chi connectivity index (χ2v) is 3.19. The molecule has 0 radical (unpaired) electrons. The van der Waals surface area contributed by atoms with Crippen molar-refractivity contribution in [3.05, 3.63) is 35.6 Å². The molecular formula is C10H9ClF2O. The summed E-state index contributed by atoms with van der Waals surface area (Å²) in [6, 6.07) is 4.78. The van der Waals surface area contributed by atoms with Gasteiger partial charge in [0.1, 0.15) is 5.82 Å². The Balaban J connectivity index is 2.74. The predicted octanol–water partition coefficient (Wildman–Crippen LogP) is 2.98. The van der Waals surface area contributed by atoms with Gasteiger partial charge in [0.2, 0.25) is 0 Å². The zero-order valence-corrected chi connectivity index (χ0v) is 8.10. The van der Waals surface area contributed by atoms with Crippen LogP contribution < -0.4 is 0 Å². The molecule has 0 saturated heterocycles. The summed E-state index contributed by atoms with van der Waals surface area (Å²) in [6.45, 7) is 0. The first kappa shape index (κ1) is 11.1. The Labute approximate surface area is 85.7 Å². The van der Waals surface area contributed by atoms with E-state index in [1.54, 1.807) is 0 Å². The van der Waals surface area contributed by atoms with Crippen molar-refractivity contribution in [1.29, 1.82) is 0 Å². The van der Waals surface area contributed by atoms with E-state index in [1.807, 2.05) is 0 Å². The molecule has 1 atom stereocenters. The van der Waals surface area contributed by atoms with Crippen LogP contribution in [0.5, 0.6) is 0 Å². The monoisotopic (exact) mass is 218 g/mol. The SMILES string of the molecule is O=C(c1ccc(F)cc1)[C@@H](F)CCCl. The first-order valence-electron chi connectivity index (χ1n) is 4.15. The van der Waals surface area contributed by atoms with Gasteiger partial charge in [-0.25, -0.2) is 8.78 Å². The van der Waals surface area contributed by atoms with Gasteiger partial charge in [-0.05, 0) is 30.7 Å². The third-order valence-electron chi connectivity index (χ3n) is 1.78. The molecule has 0 aliphatic carbocycles. The normalized spacial score (nSPS) is 12.5. The number of halogens is 3. The molecule has 1 rings (SSSR count). The average Bonchev–Trinajstić information content (AvgIpc) is 2.18. The van der Waals surface area contributed by atoms with Gasteiger partial charge >= 0.3 is 0 Å². The number of Topliss-reactive ketones (excluding diaryl/α,β-unsaturated/α-hetero) is 1. The Hall–Kier alpha value is -0.960. The van der Waals surface area contributed by atoms with Crippen LogP contribution in [0.25, 0.3) is 0 Å². The molecule has 0 unspecified atom stereocenters. The quantitative estimate of drug-likeness (QED) is 0.561. The molecule has 0 N–H and O–H groups in total. The van der Waals surface area contributed by atoms with E-state index in [1.165, 1.54) is 12.1 Å². The van der Waals surface area contributed by atoms with E-state index in [0.29, 0.717) is 0 Å². The van der Waals surface area contributed by atoms with Crippen LogP contribution in [-0.2, 0) is 0 Å². The third-order valence-corrected chi connectivity index (χ3v) is 1.99. The summed E-state index contributed by atoms with van der Waals surface area (Å²) < 4.78 is 25.5. The zero-order chi connectivity index (χ0) is 10.6. The van der Waals surface area contributed by atoms with Crippen molar-refractivity contribution in [2.24, 2.45) is 0 Å². The smallest absolute Gasteiger partial charge is 0.196 e. The minimum absolute atomic E-state index is 0.0161. The molecule has 0 spiro atoms. The fourth-order valence-corrected chi connectivity index (χ4v) is 1.21. The van der Waals surface area contributed by atoms with Crippen molar-refractivity contribution in [3.8, 4) is 0 Å². The Kier molecular flexibility index (Phi) is 4.01. The minimum Gasteiger partial charge on any atom is -0.291 e. The fourth-order valence-electron chi connectivity index (χ4n) is 1.02. The maximum atomic E-state index is 13.1. The fraction of sp³-hybridized carbons (Fsp3) is 0.300. The maximum absolute atomic E-state index is 13.1. The van der Waals surface area contributed by atoms with E-state index in [2.05, 4.69) is 0 Å². The topological polar surface area (TPSA) is 17.1 Å². The molecular weight excluding hydrogens is 210 g/mol. The number of hydrogen-bond acceptors (Lipinski definition) is 1. The highest BCUT2D eigenvalue weighted by molar-refractivity contribution is 6.18. The van der Waals surface area contributed by atoms with E-state index < -0.39 is 17.8 Å². The molecule has 0 bridgehead atoms. The number of alkyl halides is 2. The van der Waals surface area contributed by atoms with E-state index in [9.17, 15) is 13.6 Å². The number of benzene rings is 1. The molecule has 14 heavy (non-hydrogen) atoms. The van der Waals surface area contributed by atoms with Crippen molar-refractivity contribution in [2.75, 3.05) is 5.88 Å². The molecule has 0 saturated carbocycles. The number of carbonyl (C=O) groups is 1. The molecule has 0 aliphatic rings. The molecule has 1 nitrogen and oxygen atoms in total. The molecule has 0 heterocycles.